The molecule has 2 unspecified atom stereocenters. The Bertz CT molecular complexity index is 371. The van der Waals surface area contributed by atoms with Crippen molar-refractivity contribution < 1.29 is 0 Å². The minimum atomic E-state index is 0.456. The summed E-state index contributed by atoms with van der Waals surface area (Å²) in [5.41, 5.74) is 8.55. The first kappa shape index (κ1) is 12.6. The maximum atomic E-state index is 5.94. The highest BCUT2D eigenvalue weighted by atomic mass is 15.3. The van der Waals surface area contributed by atoms with Crippen LogP contribution in [0, 0.1) is 5.92 Å². The normalized spacial score (nSPS) is 26.4. The Labute approximate surface area is 104 Å². The Balaban J connectivity index is 2.33. The minimum Gasteiger partial charge on any atom is -0.330 e. The van der Waals surface area contributed by atoms with Crippen molar-refractivity contribution in [3.05, 3.63) is 17.5 Å². The maximum absolute atomic E-state index is 5.94. The van der Waals surface area contributed by atoms with Gasteiger partial charge in [0.25, 0.3) is 0 Å². The Kier molecular flexibility index (Phi) is 3.84. The van der Waals surface area contributed by atoms with Crippen molar-refractivity contribution in [3.63, 3.8) is 0 Å². The van der Waals surface area contributed by atoms with Gasteiger partial charge in [-0.15, -0.1) is 0 Å². The van der Waals surface area contributed by atoms with Gasteiger partial charge in [0.05, 0.1) is 5.69 Å². The van der Waals surface area contributed by atoms with Gasteiger partial charge in [-0.25, -0.2) is 0 Å². The third-order valence-electron chi connectivity index (χ3n) is 3.90. The number of piperidine rings is 1. The molecule has 0 aromatic carbocycles. The fourth-order valence-electron chi connectivity index (χ4n) is 3.07. The van der Waals surface area contributed by atoms with Gasteiger partial charge < -0.3 is 5.73 Å². The number of rotatable bonds is 3. The van der Waals surface area contributed by atoms with E-state index in [0.717, 1.165) is 13.0 Å². The standard InChI is InChI=1S/C13H24N4/c1-4-12-11(9-17(3)15-12)13-10(8-14)6-5-7-16(13)2/h9-10,13H,4-8,14H2,1-3H3. The molecule has 2 N–H and O–H groups in total. The van der Waals surface area contributed by atoms with Gasteiger partial charge in [-0.2, -0.15) is 5.10 Å². The lowest BCUT2D eigenvalue weighted by atomic mass is 9.85. The summed E-state index contributed by atoms with van der Waals surface area (Å²) in [5, 5.41) is 4.56. The van der Waals surface area contributed by atoms with Crippen LogP contribution in [-0.4, -0.2) is 34.8 Å². The molecule has 4 nitrogen and oxygen atoms in total. The van der Waals surface area contributed by atoms with Crippen molar-refractivity contribution in [2.75, 3.05) is 20.1 Å². The van der Waals surface area contributed by atoms with Crippen LogP contribution >= 0.6 is 0 Å². The van der Waals surface area contributed by atoms with E-state index in [-0.39, 0.29) is 0 Å². The number of aryl methyl sites for hydroxylation is 2. The van der Waals surface area contributed by atoms with Crippen LogP contribution in [0.25, 0.3) is 0 Å². The van der Waals surface area contributed by atoms with Gasteiger partial charge in [-0.1, -0.05) is 6.92 Å². The number of nitrogens with zero attached hydrogens (tertiary/aromatic N) is 3. The molecule has 96 valence electrons. The monoisotopic (exact) mass is 236 g/mol. The zero-order valence-corrected chi connectivity index (χ0v) is 11.2. The van der Waals surface area contributed by atoms with Gasteiger partial charge in [0, 0.05) is 24.8 Å². The molecule has 4 heteroatoms. The summed E-state index contributed by atoms with van der Waals surface area (Å²) in [6, 6.07) is 0.456. The predicted molar refractivity (Wildman–Crippen MR) is 69.7 cm³/mol. The van der Waals surface area contributed by atoms with Gasteiger partial charge in [-0.05, 0) is 45.3 Å². The molecule has 0 amide bonds. The Morgan fingerprint density at radius 1 is 1.47 bits per heavy atom. The largest absolute Gasteiger partial charge is 0.330 e. The van der Waals surface area contributed by atoms with E-state index in [2.05, 4.69) is 30.2 Å². The summed E-state index contributed by atoms with van der Waals surface area (Å²) in [4.78, 5) is 2.44. The minimum absolute atomic E-state index is 0.456. The third-order valence-corrected chi connectivity index (χ3v) is 3.90. The Morgan fingerprint density at radius 2 is 2.24 bits per heavy atom. The predicted octanol–water partition coefficient (Wildman–Crippen LogP) is 1.32. The highest BCUT2D eigenvalue weighted by molar-refractivity contribution is 5.23. The number of likely N-dealkylation sites (tertiary alicyclic amines) is 1. The highest BCUT2D eigenvalue weighted by Gasteiger charge is 2.31. The van der Waals surface area contributed by atoms with Gasteiger partial charge >= 0.3 is 0 Å². The van der Waals surface area contributed by atoms with E-state index >= 15 is 0 Å². The number of hydrogen-bond acceptors (Lipinski definition) is 3. The molecule has 1 fully saturated rings. The zero-order valence-electron chi connectivity index (χ0n) is 11.2. The summed E-state index contributed by atoms with van der Waals surface area (Å²) in [5.74, 6) is 0.572. The molecule has 0 saturated carbocycles. The van der Waals surface area contributed by atoms with Crippen molar-refractivity contribution >= 4 is 0 Å². The molecule has 2 atom stereocenters. The zero-order chi connectivity index (χ0) is 12.4. The average Bonchev–Trinajstić information content (AvgIpc) is 2.69. The summed E-state index contributed by atoms with van der Waals surface area (Å²) in [6.07, 6.45) is 5.67. The lowest BCUT2D eigenvalue weighted by Crippen LogP contribution is -2.39. The van der Waals surface area contributed by atoms with Crippen LogP contribution in [0.15, 0.2) is 6.20 Å². The molecule has 1 aromatic rings. The smallest absolute Gasteiger partial charge is 0.0669 e. The first-order chi connectivity index (χ1) is 8.17. The fraction of sp³-hybridized carbons (Fsp3) is 0.769. The molecule has 0 aliphatic carbocycles. The maximum Gasteiger partial charge on any atom is 0.0669 e. The van der Waals surface area contributed by atoms with Crippen molar-refractivity contribution in [1.29, 1.82) is 0 Å². The average molecular weight is 236 g/mol. The van der Waals surface area contributed by atoms with Gasteiger partial charge in [0.2, 0.25) is 0 Å². The van der Waals surface area contributed by atoms with Crippen molar-refractivity contribution in [2.24, 2.45) is 18.7 Å². The molecule has 1 aromatic heterocycles. The van der Waals surface area contributed by atoms with E-state index in [0.29, 0.717) is 12.0 Å². The summed E-state index contributed by atoms with van der Waals surface area (Å²) < 4.78 is 1.93. The van der Waals surface area contributed by atoms with Crippen molar-refractivity contribution in [3.8, 4) is 0 Å². The first-order valence-corrected chi connectivity index (χ1v) is 6.60. The number of nitrogens with two attached hydrogens (primary N) is 1. The molecular formula is C13H24N4. The van der Waals surface area contributed by atoms with Crippen LogP contribution in [0.3, 0.4) is 0 Å². The molecule has 17 heavy (non-hydrogen) atoms. The van der Waals surface area contributed by atoms with E-state index < -0.39 is 0 Å². The van der Waals surface area contributed by atoms with Crippen molar-refractivity contribution in [2.45, 2.75) is 32.2 Å². The van der Waals surface area contributed by atoms with Crippen molar-refractivity contribution in [1.82, 2.24) is 14.7 Å². The quantitative estimate of drug-likeness (QED) is 0.861. The van der Waals surface area contributed by atoms with Crippen LogP contribution in [-0.2, 0) is 13.5 Å². The summed E-state index contributed by atoms with van der Waals surface area (Å²) >= 11 is 0. The van der Waals surface area contributed by atoms with E-state index in [4.69, 9.17) is 5.73 Å². The molecule has 2 heterocycles. The first-order valence-electron chi connectivity index (χ1n) is 6.60. The summed E-state index contributed by atoms with van der Waals surface area (Å²) in [7, 11) is 4.21. The van der Waals surface area contributed by atoms with Crippen LogP contribution < -0.4 is 5.73 Å². The fourth-order valence-corrected chi connectivity index (χ4v) is 3.07. The molecule has 0 radical (unpaired) electrons. The molecular weight excluding hydrogens is 212 g/mol. The highest BCUT2D eigenvalue weighted by Crippen LogP contribution is 2.35. The second-order valence-electron chi connectivity index (χ2n) is 5.12. The number of hydrogen-bond donors (Lipinski definition) is 1. The van der Waals surface area contributed by atoms with Gasteiger partial charge in [0.15, 0.2) is 0 Å². The summed E-state index contributed by atoms with van der Waals surface area (Å²) in [6.45, 7) is 4.11. The molecule has 2 rings (SSSR count). The van der Waals surface area contributed by atoms with E-state index in [1.807, 2.05) is 11.7 Å². The Morgan fingerprint density at radius 3 is 2.88 bits per heavy atom. The van der Waals surface area contributed by atoms with E-state index in [1.165, 1.54) is 30.6 Å². The van der Waals surface area contributed by atoms with Crippen LogP contribution in [0.2, 0.25) is 0 Å². The van der Waals surface area contributed by atoms with E-state index in [1.54, 1.807) is 0 Å². The molecule has 0 spiro atoms. The SMILES string of the molecule is CCc1nn(C)cc1C1C(CN)CCCN1C. The molecule has 0 bridgehead atoms. The lowest BCUT2D eigenvalue weighted by Gasteiger charge is -2.38. The van der Waals surface area contributed by atoms with E-state index in [9.17, 15) is 0 Å². The van der Waals surface area contributed by atoms with Gasteiger partial charge in [-0.3, -0.25) is 9.58 Å². The van der Waals surface area contributed by atoms with Crippen LogP contribution in [0.4, 0.5) is 0 Å². The lowest BCUT2D eigenvalue weighted by molar-refractivity contribution is 0.124. The topological polar surface area (TPSA) is 47.1 Å². The molecule has 1 aliphatic heterocycles. The van der Waals surface area contributed by atoms with Gasteiger partial charge in [0.1, 0.15) is 0 Å². The number of aromatic nitrogens is 2. The Hall–Kier alpha value is -0.870. The second-order valence-corrected chi connectivity index (χ2v) is 5.12. The second kappa shape index (κ2) is 5.19. The molecule has 1 saturated heterocycles. The van der Waals surface area contributed by atoms with Crippen LogP contribution in [0.5, 0.6) is 0 Å². The van der Waals surface area contributed by atoms with Crippen LogP contribution in [0.1, 0.15) is 37.1 Å². The third kappa shape index (κ3) is 2.38. The molecule has 1 aliphatic rings.